The molecule has 0 spiro atoms. The Morgan fingerprint density at radius 1 is 1.28 bits per heavy atom. The first-order valence-electron chi connectivity index (χ1n) is 5.90. The number of methoxy groups -OCH3 is 1. The molecule has 0 aliphatic heterocycles. The van der Waals surface area contributed by atoms with Crippen LogP contribution in [0.25, 0.3) is 0 Å². The van der Waals surface area contributed by atoms with Crippen molar-refractivity contribution in [3.63, 3.8) is 0 Å². The fourth-order valence-corrected chi connectivity index (χ4v) is 1.29. The zero-order chi connectivity index (χ0) is 13.4. The number of hydrogen-bond donors (Lipinski definition) is 1. The lowest BCUT2D eigenvalue weighted by Gasteiger charge is -2.10. The van der Waals surface area contributed by atoms with E-state index in [1.54, 1.807) is 7.11 Å². The van der Waals surface area contributed by atoms with Gasteiger partial charge in [0.15, 0.2) is 17.5 Å². The standard InChI is InChI=1S/C12H18F2N2O2/c1-3-5-15-11-9(13)8-10(14)12(16-11)18-7-4-6-17-2/h8H,3-7H2,1-2H3,(H,15,16). The van der Waals surface area contributed by atoms with Crippen molar-refractivity contribution in [3.05, 3.63) is 17.7 Å². The minimum atomic E-state index is -0.799. The fourth-order valence-electron chi connectivity index (χ4n) is 1.29. The molecule has 4 nitrogen and oxygen atoms in total. The Labute approximate surface area is 105 Å². The molecular formula is C12H18F2N2O2. The van der Waals surface area contributed by atoms with Crippen LogP contribution in [0.1, 0.15) is 19.8 Å². The topological polar surface area (TPSA) is 43.4 Å². The Kier molecular flexibility index (Phi) is 6.35. The minimum Gasteiger partial charge on any atom is -0.475 e. The van der Waals surface area contributed by atoms with Crippen molar-refractivity contribution in [2.75, 3.05) is 32.2 Å². The predicted octanol–water partition coefficient (Wildman–Crippen LogP) is 2.60. The average Bonchev–Trinajstić information content (AvgIpc) is 2.35. The van der Waals surface area contributed by atoms with E-state index in [1.807, 2.05) is 6.92 Å². The molecule has 18 heavy (non-hydrogen) atoms. The summed E-state index contributed by atoms with van der Waals surface area (Å²) in [4.78, 5) is 3.78. The molecule has 0 saturated carbocycles. The molecular weight excluding hydrogens is 242 g/mol. The maximum Gasteiger partial charge on any atom is 0.252 e. The molecule has 0 saturated heterocycles. The molecule has 0 fully saturated rings. The van der Waals surface area contributed by atoms with Gasteiger partial charge >= 0.3 is 0 Å². The first kappa shape index (κ1) is 14.6. The van der Waals surface area contributed by atoms with E-state index >= 15 is 0 Å². The zero-order valence-corrected chi connectivity index (χ0v) is 10.6. The maximum atomic E-state index is 13.4. The summed E-state index contributed by atoms with van der Waals surface area (Å²) in [5, 5.41) is 2.77. The maximum absolute atomic E-state index is 13.4. The second kappa shape index (κ2) is 7.81. The zero-order valence-electron chi connectivity index (χ0n) is 10.6. The van der Waals surface area contributed by atoms with Crippen molar-refractivity contribution in [1.29, 1.82) is 0 Å². The van der Waals surface area contributed by atoms with E-state index in [4.69, 9.17) is 9.47 Å². The first-order valence-corrected chi connectivity index (χ1v) is 5.90. The molecule has 0 unspecified atom stereocenters. The number of rotatable bonds is 8. The highest BCUT2D eigenvalue weighted by Gasteiger charge is 2.12. The van der Waals surface area contributed by atoms with Crippen LogP contribution in [0.2, 0.25) is 0 Å². The SMILES string of the molecule is CCCNc1nc(OCCCOC)c(F)cc1F. The summed E-state index contributed by atoms with van der Waals surface area (Å²) in [6, 6.07) is 0.774. The van der Waals surface area contributed by atoms with Gasteiger partial charge in [0.05, 0.1) is 6.61 Å². The molecule has 0 aliphatic carbocycles. The lowest BCUT2D eigenvalue weighted by Crippen LogP contribution is -2.09. The Morgan fingerprint density at radius 3 is 2.72 bits per heavy atom. The highest BCUT2D eigenvalue weighted by molar-refractivity contribution is 5.39. The van der Waals surface area contributed by atoms with Gasteiger partial charge in [-0.2, -0.15) is 4.98 Å². The molecule has 0 bridgehead atoms. The van der Waals surface area contributed by atoms with Crippen molar-refractivity contribution < 1.29 is 18.3 Å². The summed E-state index contributed by atoms with van der Waals surface area (Å²) in [7, 11) is 1.57. The van der Waals surface area contributed by atoms with Gasteiger partial charge in [-0.25, -0.2) is 8.78 Å². The summed E-state index contributed by atoms with van der Waals surface area (Å²) in [5.74, 6) is -1.69. The molecule has 1 N–H and O–H groups in total. The van der Waals surface area contributed by atoms with Gasteiger partial charge in [-0.05, 0) is 6.42 Å². The summed E-state index contributed by atoms with van der Waals surface area (Å²) in [5.41, 5.74) is 0. The minimum absolute atomic E-state index is 0.0139. The van der Waals surface area contributed by atoms with Crippen molar-refractivity contribution in [1.82, 2.24) is 4.98 Å². The second-order valence-electron chi connectivity index (χ2n) is 3.73. The molecule has 1 heterocycles. The van der Waals surface area contributed by atoms with Gasteiger partial charge in [0.25, 0.3) is 5.88 Å². The monoisotopic (exact) mass is 260 g/mol. The largest absolute Gasteiger partial charge is 0.475 e. The summed E-state index contributed by atoms with van der Waals surface area (Å²) >= 11 is 0. The number of ether oxygens (including phenoxy) is 2. The molecule has 0 aliphatic rings. The van der Waals surface area contributed by atoms with Crippen LogP contribution in [0.5, 0.6) is 5.88 Å². The van der Waals surface area contributed by atoms with Crippen LogP contribution in [0.15, 0.2) is 6.07 Å². The van der Waals surface area contributed by atoms with E-state index in [0.717, 1.165) is 12.5 Å². The number of aromatic nitrogens is 1. The fraction of sp³-hybridized carbons (Fsp3) is 0.583. The molecule has 1 rings (SSSR count). The van der Waals surface area contributed by atoms with Crippen LogP contribution in [-0.2, 0) is 4.74 Å². The van der Waals surface area contributed by atoms with Crippen LogP contribution in [-0.4, -0.2) is 31.9 Å². The number of hydrogen-bond acceptors (Lipinski definition) is 4. The van der Waals surface area contributed by atoms with Crippen LogP contribution >= 0.6 is 0 Å². The first-order chi connectivity index (χ1) is 8.69. The third-order valence-corrected chi connectivity index (χ3v) is 2.17. The van der Waals surface area contributed by atoms with E-state index in [2.05, 4.69) is 10.3 Å². The van der Waals surface area contributed by atoms with Crippen molar-refractivity contribution in [2.24, 2.45) is 0 Å². The molecule has 6 heteroatoms. The molecule has 0 atom stereocenters. The molecule has 1 aromatic heterocycles. The third kappa shape index (κ3) is 4.44. The van der Waals surface area contributed by atoms with Gasteiger partial charge in [-0.15, -0.1) is 0 Å². The molecule has 1 aromatic rings. The highest BCUT2D eigenvalue weighted by atomic mass is 19.1. The second-order valence-corrected chi connectivity index (χ2v) is 3.73. The van der Waals surface area contributed by atoms with E-state index < -0.39 is 11.6 Å². The lowest BCUT2D eigenvalue weighted by atomic mass is 10.4. The van der Waals surface area contributed by atoms with E-state index in [-0.39, 0.29) is 18.3 Å². The van der Waals surface area contributed by atoms with Gasteiger partial charge in [-0.1, -0.05) is 6.92 Å². The van der Waals surface area contributed by atoms with E-state index in [1.165, 1.54) is 0 Å². The Morgan fingerprint density at radius 2 is 2.06 bits per heavy atom. The normalized spacial score (nSPS) is 10.4. The molecule has 0 aromatic carbocycles. The molecule has 0 radical (unpaired) electrons. The Bertz CT molecular complexity index is 375. The number of anilines is 1. The van der Waals surface area contributed by atoms with E-state index in [0.29, 0.717) is 19.6 Å². The van der Waals surface area contributed by atoms with Gasteiger partial charge in [-0.3, -0.25) is 0 Å². The number of nitrogens with zero attached hydrogens (tertiary/aromatic N) is 1. The van der Waals surface area contributed by atoms with Gasteiger partial charge < -0.3 is 14.8 Å². The molecule has 0 amide bonds. The van der Waals surface area contributed by atoms with Crippen molar-refractivity contribution in [3.8, 4) is 5.88 Å². The Balaban J connectivity index is 2.65. The number of pyridine rings is 1. The van der Waals surface area contributed by atoms with Crippen LogP contribution in [0.4, 0.5) is 14.6 Å². The lowest BCUT2D eigenvalue weighted by molar-refractivity contribution is 0.168. The van der Waals surface area contributed by atoms with Gasteiger partial charge in [0.1, 0.15) is 0 Å². The third-order valence-electron chi connectivity index (χ3n) is 2.17. The van der Waals surface area contributed by atoms with Gasteiger partial charge in [0, 0.05) is 32.7 Å². The highest BCUT2D eigenvalue weighted by Crippen LogP contribution is 2.20. The Hall–Kier alpha value is -1.43. The predicted molar refractivity (Wildman–Crippen MR) is 64.9 cm³/mol. The van der Waals surface area contributed by atoms with Crippen molar-refractivity contribution in [2.45, 2.75) is 19.8 Å². The summed E-state index contributed by atoms with van der Waals surface area (Å²) in [6.07, 6.45) is 1.44. The average molecular weight is 260 g/mol. The van der Waals surface area contributed by atoms with Crippen LogP contribution in [0, 0.1) is 11.6 Å². The van der Waals surface area contributed by atoms with Crippen molar-refractivity contribution >= 4 is 5.82 Å². The van der Waals surface area contributed by atoms with E-state index in [9.17, 15) is 8.78 Å². The smallest absolute Gasteiger partial charge is 0.252 e. The quantitative estimate of drug-likeness (QED) is 0.730. The van der Waals surface area contributed by atoms with Gasteiger partial charge in [0.2, 0.25) is 0 Å². The number of nitrogens with one attached hydrogen (secondary N) is 1. The molecule has 102 valence electrons. The van der Waals surface area contributed by atoms with Crippen LogP contribution in [0.3, 0.4) is 0 Å². The van der Waals surface area contributed by atoms with Crippen LogP contribution < -0.4 is 10.1 Å². The number of halogens is 2. The summed E-state index contributed by atoms with van der Waals surface area (Å²) in [6.45, 7) is 3.30. The summed E-state index contributed by atoms with van der Waals surface area (Å²) < 4.78 is 36.7.